The number of rotatable bonds is 3. The third kappa shape index (κ3) is 3.86. The molecular weight excluding hydrogens is 260 g/mol. The molecule has 1 aliphatic rings. The van der Waals surface area contributed by atoms with E-state index in [1.807, 2.05) is 31.2 Å². The van der Waals surface area contributed by atoms with Gasteiger partial charge in [-0.3, -0.25) is 4.79 Å². The summed E-state index contributed by atoms with van der Waals surface area (Å²) in [5.74, 6) is 6.02. The molecule has 1 amide bonds. The highest BCUT2D eigenvalue weighted by molar-refractivity contribution is 5.82. The van der Waals surface area contributed by atoms with Crippen molar-refractivity contribution in [2.24, 2.45) is 11.1 Å². The van der Waals surface area contributed by atoms with Gasteiger partial charge in [0.15, 0.2) is 0 Å². The number of carbonyl (C=O) groups excluding carboxylic acids is 1. The van der Waals surface area contributed by atoms with Crippen LogP contribution < -0.4 is 11.1 Å². The number of nitrogens with one attached hydrogen (secondary N) is 1. The minimum Gasteiger partial charge on any atom is -0.349 e. The molecule has 1 unspecified atom stereocenters. The Labute approximate surface area is 127 Å². The van der Waals surface area contributed by atoms with E-state index in [1.54, 1.807) is 0 Å². The van der Waals surface area contributed by atoms with Crippen LogP contribution in [-0.4, -0.2) is 12.5 Å². The summed E-state index contributed by atoms with van der Waals surface area (Å²) >= 11 is 0. The first-order chi connectivity index (χ1) is 10.0. The standard InChI is InChI=1S/C18H24N2O/c1-14(20-17(21)18(2)11-3-4-12-18)16-9-7-15(8-10-16)6-5-13-19/h7-10,14H,3-4,11-13,19H2,1-2H3,(H,20,21). The van der Waals surface area contributed by atoms with Gasteiger partial charge in [0.1, 0.15) is 0 Å². The molecule has 3 nitrogen and oxygen atoms in total. The topological polar surface area (TPSA) is 55.1 Å². The highest BCUT2D eigenvalue weighted by atomic mass is 16.2. The van der Waals surface area contributed by atoms with E-state index in [0.29, 0.717) is 6.54 Å². The lowest BCUT2D eigenvalue weighted by Crippen LogP contribution is -2.38. The van der Waals surface area contributed by atoms with Crippen LogP contribution in [0.1, 0.15) is 56.7 Å². The molecule has 1 aromatic rings. The largest absolute Gasteiger partial charge is 0.349 e. The normalized spacial score (nSPS) is 17.7. The summed E-state index contributed by atoms with van der Waals surface area (Å²) in [4.78, 5) is 12.4. The first-order valence-electron chi connectivity index (χ1n) is 7.65. The Morgan fingerprint density at radius 1 is 1.33 bits per heavy atom. The van der Waals surface area contributed by atoms with Crippen LogP contribution in [0.2, 0.25) is 0 Å². The summed E-state index contributed by atoms with van der Waals surface area (Å²) in [6.45, 7) is 4.47. The third-order valence-corrected chi connectivity index (χ3v) is 4.35. The third-order valence-electron chi connectivity index (χ3n) is 4.35. The predicted molar refractivity (Wildman–Crippen MR) is 85.5 cm³/mol. The van der Waals surface area contributed by atoms with E-state index in [4.69, 9.17) is 5.73 Å². The molecule has 3 heteroatoms. The molecular formula is C18H24N2O. The molecule has 0 aromatic heterocycles. The Morgan fingerprint density at radius 3 is 2.52 bits per heavy atom. The predicted octanol–water partition coefficient (Wildman–Crippen LogP) is 2.75. The number of carbonyl (C=O) groups is 1. The summed E-state index contributed by atoms with van der Waals surface area (Å²) in [6, 6.07) is 7.99. The fourth-order valence-corrected chi connectivity index (χ4v) is 2.84. The summed E-state index contributed by atoms with van der Waals surface area (Å²) in [5.41, 5.74) is 7.23. The lowest BCUT2D eigenvalue weighted by atomic mass is 9.87. The second-order valence-corrected chi connectivity index (χ2v) is 6.09. The van der Waals surface area contributed by atoms with Crippen molar-refractivity contribution in [3.63, 3.8) is 0 Å². The minimum atomic E-state index is -0.180. The molecule has 3 N–H and O–H groups in total. The van der Waals surface area contributed by atoms with E-state index in [0.717, 1.165) is 36.8 Å². The quantitative estimate of drug-likeness (QED) is 0.839. The molecule has 0 heterocycles. The second-order valence-electron chi connectivity index (χ2n) is 6.09. The Bertz CT molecular complexity index is 545. The average molecular weight is 284 g/mol. The number of amides is 1. The Balaban J connectivity index is 1.99. The number of nitrogens with two attached hydrogens (primary N) is 1. The highest BCUT2D eigenvalue weighted by Gasteiger charge is 2.36. The first-order valence-corrected chi connectivity index (χ1v) is 7.65. The Hall–Kier alpha value is -1.79. The van der Waals surface area contributed by atoms with E-state index in [-0.39, 0.29) is 17.4 Å². The maximum Gasteiger partial charge on any atom is 0.226 e. The van der Waals surface area contributed by atoms with Gasteiger partial charge >= 0.3 is 0 Å². The summed E-state index contributed by atoms with van der Waals surface area (Å²) in [7, 11) is 0. The maximum absolute atomic E-state index is 12.4. The highest BCUT2D eigenvalue weighted by Crippen LogP contribution is 2.38. The molecule has 1 fully saturated rings. The van der Waals surface area contributed by atoms with Crippen LogP contribution in [0.4, 0.5) is 0 Å². The van der Waals surface area contributed by atoms with Crippen molar-refractivity contribution in [2.45, 2.75) is 45.6 Å². The molecule has 0 bridgehead atoms. The smallest absolute Gasteiger partial charge is 0.226 e. The van der Waals surface area contributed by atoms with Crippen molar-refractivity contribution in [3.8, 4) is 11.8 Å². The van der Waals surface area contributed by atoms with Crippen molar-refractivity contribution in [3.05, 3.63) is 35.4 Å². The number of hydrogen-bond donors (Lipinski definition) is 2. The van der Waals surface area contributed by atoms with Crippen LogP contribution >= 0.6 is 0 Å². The van der Waals surface area contributed by atoms with Gasteiger partial charge in [0.05, 0.1) is 12.6 Å². The van der Waals surface area contributed by atoms with Gasteiger partial charge in [-0.05, 0) is 37.5 Å². The Morgan fingerprint density at radius 2 is 1.95 bits per heavy atom. The molecule has 112 valence electrons. The van der Waals surface area contributed by atoms with Gasteiger partial charge in [0, 0.05) is 11.0 Å². The van der Waals surface area contributed by atoms with Crippen LogP contribution in [0, 0.1) is 17.3 Å². The van der Waals surface area contributed by atoms with E-state index < -0.39 is 0 Å². The van der Waals surface area contributed by atoms with Crippen LogP contribution in [-0.2, 0) is 4.79 Å². The van der Waals surface area contributed by atoms with Crippen molar-refractivity contribution in [2.75, 3.05) is 6.54 Å². The van der Waals surface area contributed by atoms with Crippen LogP contribution in [0.3, 0.4) is 0 Å². The van der Waals surface area contributed by atoms with Crippen molar-refractivity contribution in [1.82, 2.24) is 5.32 Å². The van der Waals surface area contributed by atoms with E-state index in [2.05, 4.69) is 24.1 Å². The first kappa shape index (κ1) is 15.6. The van der Waals surface area contributed by atoms with E-state index in [9.17, 15) is 4.79 Å². The lowest BCUT2D eigenvalue weighted by Gasteiger charge is -2.25. The van der Waals surface area contributed by atoms with Crippen molar-refractivity contribution >= 4 is 5.91 Å². The van der Waals surface area contributed by atoms with Gasteiger partial charge in [-0.1, -0.05) is 43.7 Å². The van der Waals surface area contributed by atoms with Crippen LogP contribution in [0.15, 0.2) is 24.3 Å². The molecule has 1 aliphatic carbocycles. The summed E-state index contributed by atoms with van der Waals surface area (Å²) in [5, 5.41) is 3.15. The van der Waals surface area contributed by atoms with Crippen LogP contribution in [0.5, 0.6) is 0 Å². The molecule has 0 aliphatic heterocycles. The van der Waals surface area contributed by atoms with Gasteiger partial charge in [-0.2, -0.15) is 0 Å². The minimum absolute atomic E-state index is 0.0199. The fraction of sp³-hybridized carbons (Fsp3) is 0.500. The van der Waals surface area contributed by atoms with Crippen molar-refractivity contribution in [1.29, 1.82) is 0 Å². The number of hydrogen-bond acceptors (Lipinski definition) is 2. The number of benzene rings is 1. The molecule has 0 radical (unpaired) electrons. The van der Waals surface area contributed by atoms with Gasteiger partial charge in [0.2, 0.25) is 5.91 Å². The van der Waals surface area contributed by atoms with Crippen molar-refractivity contribution < 1.29 is 4.79 Å². The van der Waals surface area contributed by atoms with Gasteiger partial charge < -0.3 is 11.1 Å². The lowest BCUT2D eigenvalue weighted by molar-refractivity contribution is -0.130. The Kier molecular flexibility index (Phi) is 5.03. The molecule has 1 saturated carbocycles. The van der Waals surface area contributed by atoms with Gasteiger partial charge in [-0.25, -0.2) is 0 Å². The second kappa shape index (κ2) is 6.78. The molecule has 1 atom stereocenters. The zero-order chi connectivity index (χ0) is 15.3. The molecule has 1 aromatic carbocycles. The van der Waals surface area contributed by atoms with Crippen LogP contribution in [0.25, 0.3) is 0 Å². The fourth-order valence-electron chi connectivity index (χ4n) is 2.84. The van der Waals surface area contributed by atoms with E-state index >= 15 is 0 Å². The summed E-state index contributed by atoms with van der Waals surface area (Å²) in [6.07, 6.45) is 4.32. The molecule has 0 saturated heterocycles. The average Bonchev–Trinajstić information content (AvgIpc) is 2.94. The maximum atomic E-state index is 12.4. The van der Waals surface area contributed by atoms with Gasteiger partial charge in [-0.15, -0.1) is 0 Å². The molecule has 2 rings (SSSR count). The molecule has 21 heavy (non-hydrogen) atoms. The summed E-state index contributed by atoms with van der Waals surface area (Å²) < 4.78 is 0. The zero-order valence-electron chi connectivity index (χ0n) is 12.9. The van der Waals surface area contributed by atoms with Gasteiger partial charge in [0.25, 0.3) is 0 Å². The van der Waals surface area contributed by atoms with E-state index in [1.165, 1.54) is 0 Å². The SMILES string of the molecule is CC(NC(=O)C1(C)CCCC1)c1ccc(C#CCN)cc1. The zero-order valence-corrected chi connectivity index (χ0v) is 12.9. The monoisotopic (exact) mass is 284 g/mol. The molecule has 0 spiro atoms.